The Bertz CT molecular complexity index is 2400. The number of carboxylic acid groups (broad SMARTS) is 1. The van der Waals surface area contributed by atoms with E-state index in [0.29, 0.717) is 42.4 Å². The number of carbonyl (C=O) groups excluding carboxylic acids is 4. The van der Waals surface area contributed by atoms with Gasteiger partial charge >= 0.3 is 11.9 Å². The van der Waals surface area contributed by atoms with Gasteiger partial charge in [-0.15, -0.1) is 0 Å². The first kappa shape index (κ1) is 48.6. The molecule has 1 aromatic heterocycles. The zero-order chi connectivity index (χ0) is 46.8. The van der Waals surface area contributed by atoms with Crippen LogP contribution in [0.25, 0.3) is 0 Å². The minimum atomic E-state index is -0.953. The van der Waals surface area contributed by atoms with Crippen LogP contribution in [0.2, 0.25) is 0 Å². The van der Waals surface area contributed by atoms with Gasteiger partial charge in [-0.1, -0.05) is 80.6 Å². The third-order valence-electron chi connectivity index (χ3n) is 12.1. The minimum absolute atomic E-state index is 0.0118. The summed E-state index contributed by atoms with van der Waals surface area (Å²) in [5, 5.41) is 15.2. The molecule has 13 nitrogen and oxygen atoms in total. The van der Waals surface area contributed by atoms with E-state index in [-0.39, 0.29) is 48.6 Å². The number of esters is 1. The third kappa shape index (κ3) is 14.3. The normalized spacial score (nSPS) is 12.5. The van der Waals surface area contributed by atoms with Crippen molar-refractivity contribution in [2.24, 2.45) is 0 Å². The van der Waals surface area contributed by atoms with Crippen molar-refractivity contribution in [2.75, 3.05) is 48.8 Å². The number of pyridine rings is 1. The molecule has 0 spiro atoms. The van der Waals surface area contributed by atoms with E-state index in [2.05, 4.69) is 34.3 Å². The quantitative estimate of drug-likeness (QED) is 0.0572. The highest BCUT2D eigenvalue weighted by molar-refractivity contribution is 6.11. The van der Waals surface area contributed by atoms with Crippen LogP contribution in [-0.2, 0) is 40.3 Å². The standard InChI is InChI=1S/C53H62N6O7/c1-4-45(5-2)59(34-33-57(3)48(60)29-30-49(61)66-37-40-13-8-6-9-14-40)36-41-15-12-16-43(35-41)51(62)55-46-27-28-47(58-31-10-7-11-32-58)56-50(46)52(63)54-44-25-21-39(22-26-44)18-17-38-19-23-42(24-20-38)53(64)65/h6,8-9,12-16,19-28,35,45H,4-5,7,10-11,17-18,29-34,36-37H2,1-3H3,(H,54,63)(H,55,62)(H,64,65). The second-order valence-electron chi connectivity index (χ2n) is 16.8. The fourth-order valence-corrected chi connectivity index (χ4v) is 8.12. The van der Waals surface area contributed by atoms with E-state index in [1.54, 1.807) is 36.2 Å². The summed E-state index contributed by atoms with van der Waals surface area (Å²) in [5.41, 5.74) is 5.60. The molecule has 0 atom stereocenters. The topological polar surface area (TPSA) is 161 Å². The fourth-order valence-electron chi connectivity index (χ4n) is 8.12. The first-order chi connectivity index (χ1) is 32.0. The first-order valence-corrected chi connectivity index (χ1v) is 23.1. The summed E-state index contributed by atoms with van der Waals surface area (Å²) < 4.78 is 5.36. The molecule has 0 radical (unpaired) electrons. The van der Waals surface area contributed by atoms with Gasteiger partial charge in [0.2, 0.25) is 5.91 Å². The Hall–Kier alpha value is -6.86. The molecule has 0 saturated carbocycles. The highest BCUT2D eigenvalue weighted by atomic mass is 16.5. The average molecular weight is 895 g/mol. The molecule has 4 aromatic carbocycles. The van der Waals surface area contributed by atoms with Crippen LogP contribution in [0.15, 0.2) is 115 Å². The molecule has 2 heterocycles. The van der Waals surface area contributed by atoms with Crippen LogP contribution in [0.3, 0.4) is 0 Å². The predicted molar refractivity (Wildman–Crippen MR) is 258 cm³/mol. The molecule has 5 aromatic rings. The smallest absolute Gasteiger partial charge is 0.335 e. The maximum Gasteiger partial charge on any atom is 0.335 e. The largest absolute Gasteiger partial charge is 0.478 e. The number of amides is 3. The number of aryl methyl sites for hydroxylation is 2. The van der Waals surface area contributed by atoms with Crippen molar-refractivity contribution in [3.63, 3.8) is 0 Å². The Balaban J connectivity index is 1.08. The van der Waals surface area contributed by atoms with Crippen LogP contribution in [0.4, 0.5) is 17.2 Å². The third-order valence-corrected chi connectivity index (χ3v) is 12.1. The molecule has 6 rings (SSSR count). The summed E-state index contributed by atoms with van der Waals surface area (Å²) in [6, 6.07) is 35.2. The minimum Gasteiger partial charge on any atom is -0.478 e. The second-order valence-corrected chi connectivity index (χ2v) is 16.8. The number of hydrogen-bond donors (Lipinski definition) is 3. The summed E-state index contributed by atoms with van der Waals surface area (Å²) in [5.74, 6) is -1.63. The maximum atomic E-state index is 14.0. The van der Waals surface area contributed by atoms with Crippen molar-refractivity contribution >= 4 is 46.9 Å². The Morgan fingerprint density at radius 3 is 2.03 bits per heavy atom. The number of anilines is 3. The summed E-state index contributed by atoms with van der Waals surface area (Å²) in [6.45, 7) is 7.76. The van der Waals surface area contributed by atoms with Gasteiger partial charge in [-0.25, -0.2) is 9.78 Å². The molecular weight excluding hydrogens is 833 g/mol. The van der Waals surface area contributed by atoms with E-state index < -0.39 is 17.8 Å². The van der Waals surface area contributed by atoms with E-state index in [1.165, 1.54) is 0 Å². The number of aromatic carboxylic acids is 1. The van der Waals surface area contributed by atoms with Crippen LogP contribution in [0.5, 0.6) is 0 Å². The number of likely N-dealkylation sites (N-methyl/N-ethyl adjacent to an activating group) is 1. The Morgan fingerprint density at radius 2 is 1.36 bits per heavy atom. The van der Waals surface area contributed by atoms with Gasteiger partial charge in [0, 0.05) is 63.5 Å². The lowest BCUT2D eigenvalue weighted by Crippen LogP contribution is -2.41. The van der Waals surface area contributed by atoms with E-state index in [1.807, 2.05) is 91.0 Å². The van der Waals surface area contributed by atoms with Crippen LogP contribution in [0, 0.1) is 0 Å². The lowest BCUT2D eigenvalue weighted by molar-refractivity contribution is -0.147. The van der Waals surface area contributed by atoms with Gasteiger partial charge in [-0.05, 0) is 116 Å². The van der Waals surface area contributed by atoms with Gasteiger partial charge in [0.05, 0.1) is 17.7 Å². The number of hydrogen-bond acceptors (Lipinski definition) is 9. The number of rotatable bonds is 22. The summed E-state index contributed by atoms with van der Waals surface area (Å²) >= 11 is 0. The molecule has 0 unspecified atom stereocenters. The zero-order valence-corrected chi connectivity index (χ0v) is 38.3. The maximum absolute atomic E-state index is 14.0. The van der Waals surface area contributed by atoms with Crippen molar-refractivity contribution in [1.82, 2.24) is 14.8 Å². The van der Waals surface area contributed by atoms with Gasteiger partial charge in [-0.3, -0.25) is 24.1 Å². The lowest BCUT2D eigenvalue weighted by Gasteiger charge is -2.32. The highest BCUT2D eigenvalue weighted by Gasteiger charge is 2.23. The molecule has 1 aliphatic rings. The van der Waals surface area contributed by atoms with Crippen molar-refractivity contribution in [3.05, 3.63) is 154 Å². The highest BCUT2D eigenvalue weighted by Crippen LogP contribution is 2.25. The van der Waals surface area contributed by atoms with E-state index >= 15 is 0 Å². The Kier molecular flexibility index (Phi) is 18.0. The lowest BCUT2D eigenvalue weighted by atomic mass is 10.0. The van der Waals surface area contributed by atoms with Crippen molar-refractivity contribution in [3.8, 4) is 0 Å². The summed E-state index contributed by atoms with van der Waals surface area (Å²) in [4.78, 5) is 75.6. The van der Waals surface area contributed by atoms with Gasteiger partial charge in [-0.2, -0.15) is 0 Å². The van der Waals surface area contributed by atoms with Crippen LogP contribution >= 0.6 is 0 Å². The van der Waals surface area contributed by atoms with Gasteiger partial charge < -0.3 is 30.3 Å². The Morgan fingerprint density at radius 1 is 0.697 bits per heavy atom. The van der Waals surface area contributed by atoms with Gasteiger partial charge in [0.25, 0.3) is 11.8 Å². The van der Waals surface area contributed by atoms with Gasteiger partial charge in [0.1, 0.15) is 12.4 Å². The number of aromatic nitrogens is 1. The molecule has 1 saturated heterocycles. The number of benzene rings is 4. The van der Waals surface area contributed by atoms with Crippen molar-refractivity contribution < 1.29 is 33.8 Å². The predicted octanol–water partition coefficient (Wildman–Crippen LogP) is 9.03. The summed E-state index contributed by atoms with van der Waals surface area (Å²) in [7, 11) is 1.75. The summed E-state index contributed by atoms with van der Waals surface area (Å²) in [6.07, 6.45) is 6.58. The number of ether oxygens (including phenoxy) is 1. The first-order valence-electron chi connectivity index (χ1n) is 23.1. The molecule has 0 aliphatic carbocycles. The van der Waals surface area contributed by atoms with E-state index in [4.69, 9.17) is 9.72 Å². The molecule has 3 amide bonds. The zero-order valence-electron chi connectivity index (χ0n) is 38.3. The number of carboxylic acids is 1. The molecule has 346 valence electrons. The number of nitrogens with zero attached hydrogens (tertiary/aromatic N) is 4. The second kappa shape index (κ2) is 24.4. The monoisotopic (exact) mass is 894 g/mol. The Labute approximate surface area is 388 Å². The molecule has 66 heavy (non-hydrogen) atoms. The van der Waals surface area contributed by atoms with Crippen LogP contribution in [0.1, 0.15) is 112 Å². The SMILES string of the molecule is CCC(CC)N(CCN(C)C(=O)CCC(=O)OCc1ccccc1)Cc1cccc(C(=O)Nc2ccc(N3CCCCC3)nc2C(=O)Nc2ccc(CCc3ccc(C(=O)O)cc3)cc2)c1. The fraction of sp³-hybridized carbons (Fsp3) is 0.358. The molecule has 0 bridgehead atoms. The molecule has 13 heteroatoms. The van der Waals surface area contributed by atoms with Crippen LogP contribution in [-0.4, -0.2) is 88.8 Å². The van der Waals surface area contributed by atoms with Gasteiger partial charge in [0.15, 0.2) is 5.69 Å². The molecule has 1 fully saturated rings. The number of nitrogens with one attached hydrogen (secondary N) is 2. The van der Waals surface area contributed by atoms with Crippen molar-refractivity contribution in [1.29, 1.82) is 0 Å². The van der Waals surface area contributed by atoms with E-state index in [9.17, 15) is 29.1 Å². The van der Waals surface area contributed by atoms with Crippen molar-refractivity contribution in [2.45, 2.75) is 90.8 Å². The molecule has 3 N–H and O–H groups in total. The number of piperidine rings is 1. The van der Waals surface area contributed by atoms with Crippen LogP contribution < -0.4 is 15.5 Å². The number of carbonyl (C=O) groups is 5. The average Bonchev–Trinajstić information content (AvgIpc) is 3.35. The molecule has 1 aliphatic heterocycles. The van der Waals surface area contributed by atoms with E-state index in [0.717, 1.165) is 80.3 Å². The molecular formula is C53H62N6O7.